The van der Waals surface area contributed by atoms with Crippen LogP contribution in [-0.2, 0) is 19.9 Å². The van der Waals surface area contributed by atoms with Crippen LogP contribution in [0.4, 0.5) is 5.69 Å². The predicted octanol–water partition coefficient (Wildman–Crippen LogP) is 3.70. The molecule has 0 spiro atoms. The van der Waals surface area contributed by atoms with Gasteiger partial charge in [0.1, 0.15) is 11.4 Å². The van der Waals surface area contributed by atoms with Gasteiger partial charge in [-0.25, -0.2) is 4.68 Å². The molecule has 2 N–H and O–H groups in total. The first kappa shape index (κ1) is 14.4. The minimum absolute atomic E-state index is 0.622. The second kappa shape index (κ2) is 6.46. The Kier molecular flexibility index (Phi) is 4.66. The monoisotopic (exact) mass is 273 g/mol. The second-order valence-electron chi connectivity index (χ2n) is 5.04. The fourth-order valence-electron chi connectivity index (χ4n) is 2.25. The number of hydrogen-bond acceptors (Lipinski definition) is 3. The molecular weight excluding hydrogens is 250 g/mol. The number of nitrogens with two attached hydrogens (primary N) is 1. The van der Waals surface area contributed by atoms with E-state index in [9.17, 15) is 0 Å². The van der Waals surface area contributed by atoms with Crippen molar-refractivity contribution in [3.8, 4) is 11.6 Å². The van der Waals surface area contributed by atoms with Crippen LogP contribution in [0.1, 0.15) is 37.9 Å². The lowest BCUT2D eigenvalue weighted by molar-refractivity contribution is 0.432. The molecule has 0 fully saturated rings. The SMILES string of the molecule is CCCc1ccc(Oc2c(N)c(CCC)nn2C)cc1. The fraction of sp³-hybridized carbons (Fsp3) is 0.438. The van der Waals surface area contributed by atoms with Crippen molar-refractivity contribution in [2.75, 3.05) is 5.73 Å². The number of ether oxygens (including phenoxy) is 1. The third-order valence-electron chi connectivity index (χ3n) is 3.27. The quantitative estimate of drug-likeness (QED) is 0.873. The van der Waals surface area contributed by atoms with Gasteiger partial charge in [-0.1, -0.05) is 38.8 Å². The lowest BCUT2D eigenvalue weighted by Gasteiger charge is -2.07. The summed E-state index contributed by atoms with van der Waals surface area (Å²) < 4.78 is 7.58. The van der Waals surface area contributed by atoms with E-state index in [0.717, 1.165) is 37.1 Å². The first-order chi connectivity index (χ1) is 9.65. The molecule has 0 amide bonds. The summed E-state index contributed by atoms with van der Waals surface area (Å²) in [5.41, 5.74) is 8.99. The summed E-state index contributed by atoms with van der Waals surface area (Å²) in [6.07, 6.45) is 4.13. The third kappa shape index (κ3) is 3.13. The van der Waals surface area contributed by atoms with E-state index in [-0.39, 0.29) is 0 Å². The van der Waals surface area contributed by atoms with Crippen LogP contribution < -0.4 is 10.5 Å². The van der Waals surface area contributed by atoms with Crippen LogP contribution in [0, 0.1) is 0 Å². The molecule has 4 heteroatoms. The summed E-state index contributed by atoms with van der Waals surface area (Å²) in [6.45, 7) is 4.29. The maximum absolute atomic E-state index is 6.11. The summed E-state index contributed by atoms with van der Waals surface area (Å²) in [4.78, 5) is 0. The molecule has 1 heterocycles. The number of anilines is 1. The molecule has 108 valence electrons. The Balaban J connectivity index is 2.17. The molecule has 1 aromatic heterocycles. The highest BCUT2D eigenvalue weighted by Gasteiger charge is 2.14. The highest BCUT2D eigenvalue weighted by Crippen LogP contribution is 2.30. The van der Waals surface area contributed by atoms with Crippen LogP contribution in [-0.4, -0.2) is 9.78 Å². The molecule has 2 rings (SSSR count). The summed E-state index contributed by atoms with van der Waals surface area (Å²) in [5, 5.41) is 4.41. The van der Waals surface area contributed by atoms with Crippen LogP contribution in [0.15, 0.2) is 24.3 Å². The van der Waals surface area contributed by atoms with Crippen molar-refractivity contribution in [2.24, 2.45) is 7.05 Å². The zero-order valence-corrected chi connectivity index (χ0v) is 12.5. The van der Waals surface area contributed by atoms with Gasteiger partial charge < -0.3 is 10.5 Å². The number of nitrogen functional groups attached to an aromatic ring is 1. The summed E-state index contributed by atoms with van der Waals surface area (Å²) in [7, 11) is 1.86. The molecule has 0 saturated heterocycles. The summed E-state index contributed by atoms with van der Waals surface area (Å²) in [5.74, 6) is 1.42. The number of benzene rings is 1. The standard InChI is InChI=1S/C16H23N3O/c1-4-6-12-8-10-13(11-9-12)20-16-15(17)14(7-5-2)18-19(16)3/h8-11H,4-7,17H2,1-3H3. The molecule has 0 radical (unpaired) electrons. The average Bonchev–Trinajstić information content (AvgIpc) is 2.69. The van der Waals surface area contributed by atoms with Gasteiger partial charge in [-0.15, -0.1) is 0 Å². The third-order valence-corrected chi connectivity index (χ3v) is 3.27. The van der Waals surface area contributed by atoms with E-state index in [1.54, 1.807) is 4.68 Å². The molecule has 20 heavy (non-hydrogen) atoms. The topological polar surface area (TPSA) is 53.1 Å². The van der Waals surface area contributed by atoms with Gasteiger partial charge in [0.2, 0.25) is 5.88 Å². The highest BCUT2D eigenvalue weighted by atomic mass is 16.5. The molecule has 4 nitrogen and oxygen atoms in total. The van der Waals surface area contributed by atoms with Gasteiger partial charge in [0.25, 0.3) is 0 Å². The zero-order chi connectivity index (χ0) is 14.5. The van der Waals surface area contributed by atoms with Gasteiger partial charge in [-0.2, -0.15) is 5.10 Å². The zero-order valence-electron chi connectivity index (χ0n) is 12.5. The van der Waals surface area contributed by atoms with Crippen LogP contribution in [0.5, 0.6) is 11.6 Å². The molecule has 0 saturated carbocycles. The van der Waals surface area contributed by atoms with Crippen molar-refractivity contribution in [2.45, 2.75) is 39.5 Å². The van der Waals surface area contributed by atoms with Crippen LogP contribution in [0.25, 0.3) is 0 Å². The molecule has 0 bridgehead atoms. The molecule has 0 atom stereocenters. The Morgan fingerprint density at radius 3 is 2.35 bits per heavy atom. The van der Waals surface area contributed by atoms with Gasteiger partial charge in [0, 0.05) is 7.05 Å². The van der Waals surface area contributed by atoms with Crippen molar-refractivity contribution in [3.05, 3.63) is 35.5 Å². The van der Waals surface area contributed by atoms with Crippen LogP contribution in [0.2, 0.25) is 0 Å². The Labute approximate surface area is 120 Å². The van der Waals surface area contributed by atoms with Gasteiger partial charge in [-0.3, -0.25) is 0 Å². The van der Waals surface area contributed by atoms with Gasteiger partial charge >= 0.3 is 0 Å². The van der Waals surface area contributed by atoms with E-state index in [1.807, 2.05) is 19.2 Å². The van der Waals surface area contributed by atoms with E-state index >= 15 is 0 Å². The van der Waals surface area contributed by atoms with E-state index < -0.39 is 0 Å². The molecule has 0 aliphatic carbocycles. The minimum atomic E-state index is 0.622. The Bertz CT molecular complexity index is 558. The lowest BCUT2D eigenvalue weighted by atomic mass is 10.1. The van der Waals surface area contributed by atoms with Crippen molar-refractivity contribution < 1.29 is 4.74 Å². The maximum atomic E-state index is 6.11. The van der Waals surface area contributed by atoms with Crippen molar-refractivity contribution in [3.63, 3.8) is 0 Å². The second-order valence-corrected chi connectivity index (χ2v) is 5.04. The van der Waals surface area contributed by atoms with E-state index in [2.05, 4.69) is 31.1 Å². The highest BCUT2D eigenvalue weighted by molar-refractivity contribution is 5.54. The largest absolute Gasteiger partial charge is 0.437 e. The molecule has 2 aromatic rings. The Hall–Kier alpha value is -1.97. The number of nitrogens with zero attached hydrogens (tertiary/aromatic N) is 2. The lowest BCUT2D eigenvalue weighted by Crippen LogP contribution is -1.97. The van der Waals surface area contributed by atoms with E-state index in [0.29, 0.717) is 11.6 Å². The van der Waals surface area contributed by atoms with Gasteiger partial charge in [0.15, 0.2) is 0 Å². The molecule has 1 aromatic carbocycles. The average molecular weight is 273 g/mol. The Morgan fingerprint density at radius 2 is 1.75 bits per heavy atom. The van der Waals surface area contributed by atoms with Crippen LogP contribution >= 0.6 is 0 Å². The Morgan fingerprint density at radius 1 is 1.10 bits per heavy atom. The number of hydrogen-bond donors (Lipinski definition) is 1. The first-order valence-corrected chi connectivity index (χ1v) is 7.23. The maximum Gasteiger partial charge on any atom is 0.241 e. The van der Waals surface area contributed by atoms with E-state index in [1.165, 1.54) is 5.56 Å². The number of aromatic nitrogens is 2. The van der Waals surface area contributed by atoms with Crippen molar-refractivity contribution in [1.29, 1.82) is 0 Å². The van der Waals surface area contributed by atoms with Gasteiger partial charge in [-0.05, 0) is 30.5 Å². The molecule has 0 unspecified atom stereocenters. The van der Waals surface area contributed by atoms with E-state index in [4.69, 9.17) is 10.5 Å². The van der Waals surface area contributed by atoms with Crippen LogP contribution in [0.3, 0.4) is 0 Å². The normalized spacial score (nSPS) is 10.8. The van der Waals surface area contributed by atoms with Gasteiger partial charge in [0.05, 0.1) is 5.69 Å². The molecular formula is C16H23N3O. The minimum Gasteiger partial charge on any atom is -0.437 e. The predicted molar refractivity (Wildman–Crippen MR) is 82.1 cm³/mol. The molecule has 0 aliphatic rings. The number of aryl methyl sites for hydroxylation is 3. The number of rotatable bonds is 6. The van der Waals surface area contributed by atoms with Crippen molar-refractivity contribution in [1.82, 2.24) is 9.78 Å². The first-order valence-electron chi connectivity index (χ1n) is 7.23. The summed E-state index contributed by atoms with van der Waals surface area (Å²) >= 11 is 0. The smallest absolute Gasteiger partial charge is 0.241 e. The molecule has 0 aliphatic heterocycles. The van der Waals surface area contributed by atoms with Crippen molar-refractivity contribution >= 4 is 5.69 Å². The summed E-state index contributed by atoms with van der Waals surface area (Å²) in [6, 6.07) is 8.16. The fourth-order valence-corrected chi connectivity index (χ4v) is 2.25.